The highest BCUT2D eigenvalue weighted by Gasteiger charge is 2.26. The molecule has 4 nitrogen and oxygen atoms in total. The van der Waals surface area contributed by atoms with Gasteiger partial charge in [0.1, 0.15) is 5.71 Å². The molecule has 1 aromatic heterocycles. The molecule has 0 unspecified atom stereocenters. The van der Waals surface area contributed by atoms with Gasteiger partial charge in [-0.2, -0.15) is 0 Å². The molecule has 0 aliphatic carbocycles. The van der Waals surface area contributed by atoms with Gasteiger partial charge >= 0.3 is 0 Å². The minimum absolute atomic E-state index is 0.0579. The van der Waals surface area contributed by atoms with E-state index in [2.05, 4.69) is 9.98 Å². The Morgan fingerprint density at radius 1 is 1.00 bits per heavy atom. The largest absolute Gasteiger partial charge is 0.494 e. The van der Waals surface area contributed by atoms with Crippen molar-refractivity contribution < 1.29 is 5.11 Å². The SMILES string of the molecule is N=C1C(c2c(O)[nH]c3ccccc23)=Nc2ccccc21. The van der Waals surface area contributed by atoms with Crippen LogP contribution in [0.5, 0.6) is 5.88 Å². The molecule has 3 N–H and O–H groups in total. The van der Waals surface area contributed by atoms with E-state index in [1.165, 1.54) is 0 Å². The van der Waals surface area contributed by atoms with Crippen molar-refractivity contribution in [2.24, 2.45) is 4.99 Å². The molecule has 4 heteroatoms. The van der Waals surface area contributed by atoms with Gasteiger partial charge in [0.15, 0.2) is 5.88 Å². The maximum Gasteiger partial charge on any atom is 0.199 e. The van der Waals surface area contributed by atoms with Gasteiger partial charge in [0.25, 0.3) is 0 Å². The first-order valence-corrected chi connectivity index (χ1v) is 6.33. The summed E-state index contributed by atoms with van der Waals surface area (Å²) in [4.78, 5) is 7.43. The first-order valence-electron chi connectivity index (χ1n) is 6.33. The van der Waals surface area contributed by atoms with E-state index in [0.717, 1.165) is 22.2 Å². The average molecular weight is 261 g/mol. The second kappa shape index (κ2) is 3.81. The number of aromatic amines is 1. The Morgan fingerprint density at radius 2 is 1.75 bits per heavy atom. The Balaban J connectivity index is 1.99. The van der Waals surface area contributed by atoms with Crippen molar-refractivity contribution >= 4 is 28.0 Å². The summed E-state index contributed by atoms with van der Waals surface area (Å²) in [6, 6.07) is 15.2. The summed E-state index contributed by atoms with van der Waals surface area (Å²) in [6.45, 7) is 0. The third-order valence-corrected chi connectivity index (χ3v) is 3.57. The van der Waals surface area contributed by atoms with Gasteiger partial charge < -0.3 is 10.1 Å². The van der Waals surface area contributed by atoms with E-state index >= 15 is 0 Å². The predicted octanol–water partition coefficient (Wildman–Crippen LogP) is 3.38. The molecule has 0 atom stereocenters. The molecule has 2 aromatic carbocycles. The zero-order valence-corrected chi connectivity index (χ0v) is 10.5. The lowest BCUT2D eigenvalue weighted by Crippen LogP contribution is -2.10. The Morgan fingerprint density at radius 3 is 2.60 bits per heavy atom. The Kier molecular flexibility index (Phi) is 2.09. The van der Waals surface area contributed by atoms with E-state index in [0.29, 0.717) is 17.0 Å². The summed E-state index contributed by atoms with van der Waals surface area (Å²) in [5, 5.41) is 19.3. The highest BCUT2D eigenvalue weighted by atomic mass is 16.3. The molecule has 4 rings (SSSR count). The zero-order valence-electron chi connectivity index (χ0n) is 10.5. The lowest BCUT2D eigenvalue weighted by molar-refractivity contribution is 0.457. The van der Waals surface area contributed by atoms with Crippen LogP contribution in [0.3, 0.4) is 0 Å². The molecule has 96 valence electrons. The number of rotatable bonds is 1. The molecule has 3 aromatic rings. The van der Waals surface area contributed by atoms with Crippen molar-refractivity contribution in [1.29, 1.82) is 5.41 Å². The number of aliphatic imine (C=N–C) groups is 1. The van der Waals surface area contributed by atoms with Crippen LogP contribution in [0.25, 0.3) is 10.9 Å². The van der Waals surface area contributed by atoms with E-state index in [4.69, 9.17) is 5.41 Å². The van der Waals surface area contributed by atoms with Crippen LogP contribution in [0.1, 0.15) is 11.1 Å². The summed E-state index contributed by atoms with van der Waals surface area (Å²) in [6.07, 6.45) is 0. The molecule has 0 radical (unpaired) electrons. The highest BCUT2D eigenvalue weighted by Crippen LogP contribution is 2.34. The smallest absolute Gasteiger partial charge is 0.199 e. The lowest BCUT2D eigenvalue weighted by Gasteiger charge is -2.01. The highest BCUT2D eigenvalue weighted by molar-refractivity contribution is 6.57. The van der Waals surface area contributed by atoms with E-state index in [9.17, 15) is 5.11 Å². The fourth-order valence-electron chi connectivity index (χ4n) is 2.63. The summed E-state index contributed by atoms with van der Waals surface area (Å²) in [5.74, 6) is 0.0579. The molecule has 0 saturated heterocycles. The standard InChI is InChI=1S/C16H11N3O/c17-14-10-6-2-4-8-12(10)18-15(14)13-9-5-1-3-7-11(9)19-16(13)20/h1-8,17,19-20H. The van der Waals surface area contributed by atoms with Gasteiger partial charge in [-0.3, -0.25) is 5.41 Å². The third-order valence-electron chi connectivity index (χ3n) is 3.57. The number of benzene rings is 2. The molecule has 0 spiro atoms. The van der Waals surface area contributed by atoms with Crippen molar-refractivity contribution in [1.82, 2.24) is 4.98 Å². The normalized spacial score (nSPS) is 13.6. The van der Waals surface area contributed by atoms with E-state index in [1.807, 2.05) is 48.5 Å². The van der Waals surface area contributed by atoms with E-state index < -0.39 is 0 Å². The maximum absolute atomic E-state index is 10.2. The van der Waals surface area contributed by atoms with Gasteiger partial charge in [-0.1, -0.05) is 36.4 Å². The summed E-state index contributed by atoms with van der Waals surface area (Å²) < 4.78 is 0. The molecular formula is C16H11N3O. The summed E-state index contributed by atoms with van der Waals surface area (Å²) >= 11 is 0. The molecular weight excluding hydrogens is 250 g/mol. The minimum Gasteiger partial charge on any atom is -0.494 e. The third kappa shape index (κ3) is 1.36. The number of hydrogen-bond donors (Lipinski definition) is 3. The van der Waals surface area contributed by atoms with Crippen LogP contribution in [-0.2, 0) is 0 Å². The monoisotopic (exact) mass is 261 g/mol. The maximum atomic E-state index is 10.2. The van der Waals surface area contributed by atoms with Crippen molar-refractivity contribution in [3.05, 3.63) is 59.7 Å². The second-order valence-corrected chi connectivity index (χ2v) is 4.75. The lowest BCUT2D eigenvalue weighted by atomic mass is 10.0. The number of hydrogen-bond acceptors (Lipinski definition) is 3. The van der Waals surface area contributed by atoms with Crippen LogP contribution in [0.4, 0.5) is 5.69 Å². The fourth-order valence-corrected chi connectivity index (χ4v) is 2.63. The molecule has 2 heterocycles. The number of aromatic nitrogens is 1. The summed E-state index contributed by atoms with van der Waals surface area (Å²) in [5.41, 5.74) is 3.87. The van der Waals surface area contributed by atoms with Gasteiger partial charge in [0, 0.05) is 16.5 Å². The number of nitrogens with zero attached hydrogens (tertiary/aromatic N) is 1. The molecule has 20 heavy (non-hydrogen) atoms. The minimum atomic E-state index is 0.0579. The van der Waals surface area contributed by atoms with Crippen LogP contribution in [-0.4, -0.2) is 21.5 Å². The van der Waals surface area contributed by atoms with E-state index in [1.54, 1.807) is 0 Å². The molecule has 0 amide bonds. The Hall–Kier alpha value is -2.88. The first-order chi connectivity index (χ1) is 9.75. The number of nitrogens with one attached hydrogen (secondary N) is 2. The predicted molar refractivity (Wildman–Crippen MR) is 79.4 cm³/mol. The number of fused-ring (bicyclic) bond motifs is 2. The van der Waals surface area contributed by atoms with Crippen LogP contribution < -0.4 is 0 Å². The van der Waals surface area contributed by atoms with Crippen LogP contribution in [0.15, 0.2) is 53.5 Å². The van der Waals surface area contributed by atoms with E-state index in [-0.39, 0.29) is 5.88 Å². The van der Waals surface area contributed by atoms with Crippen LogP contribution in [0.2, 0.25) is 0 Å². The van der Waals surface area contributed by atoms with Crippen molar-refractivity contribution in [2.75, 3.05) is 0 Å². The van der Waals surface area contributed by atoms with Gasteiger partial charge in [-0.25, -0.2) is 4.99 Å². The van der Waals surface area contributed by atoms with Crippen LogP contribution >= 0.6 is 0 Å². The van der Waals surface area contributed by atoms with Gasteiger partial charge in [-0.05, 0) is 12.1 Å². The first kappa shape index (κ1) is 11.0. The fraction of sp³-hybridized carbons (Fsp3) is 0. The molecule has 0 fully saturated rings. The van der Waals surface area contributed by atoms with Crippen molar-refractivity contribution in [3.63, 3.8) is 0 Å². The second-order valence-electron chi connectivity index (χ2n) is 4.75. The van der Waals surface area contributed by atoms with Gasteiger partial charge in [0.2, 0.25) is 0 Å². The number of para-hydroxylation sites is 2. The average Bonchev–Trinajstić information content (AvgIpc) is 2.96. The number of aromatic hydroxyl groups is 1. The van der Waals surface area contributed by atoms with Gasteiger partial charge in [0.05, 0.1) is 17.0 Å². The van der Waals surface area contributed by atoms with Crippen LogP contribution in [0, 0.1) is 5.41 Å². The molecule has 1 aliphatic heterocycles. The molecule has 1 aliphatic rings. The van der Waals surface area contributed by atoms with Crippen molar-refractivity contribution in [2.45, 2.75) is 0 Å². The molecule has 0 bridgehead atoms. The Bertz CT molecular complexity index is 890. The van der Waals surface area contributed by atoms with Gasteiger partial charge in [-0.15, -0.1) is 0 Å². The Labute approximate surface area is 114 Å². The summed E-state index contributed by atoms with van der Waals surface area (Å²) in [7, 11) is 0. The quantitative estimate of drug-likeness (QED) is 0.617. The topological polar surface area (TPSA) is 72.2 Å². The zero-order chi connectivity index (χ0) is 13.7. The van der Waals surface area contributed by atoms with Crippen molar-refractivity contribution in [3.8, 4) is 5.88 Å². The molecule has 0 saturated carbocycles. The number of H-pyrrole nitrogens is 1.